The molecule has 0 unspecified atom stereocenters. The third kappa shape index (κ3) is 6.64. The van der Waals surface area contributed by atoms with Crippen LogP contribution in [-0.2, 0) is 19.6 Å². The van der Waals surface area contributed by atoms with Gasteiger partial charge in [-0.25, -0.2) is 9.78 Å². The lowest BCUT2D eigenvalue weighted by Gasteiger charge is -2.06. The van der Waals surface area contributed by atoms with Crippen LogP contribution in [0.5, 0.6) is 5.75 Å². The number of ether oxygens (including phenoxy) is 1. The summed E-state index contributed by atoms with van der Waals surface area (Å²) in [7, 11) is 0. The Morgan fingerprint density at radius 2 is 1.88 bits per heavy atom. The Hall–Kier alpha value is -4.20. The molecule has 0 amide bonds. The average molecular weight is 444 g/mol. The van der Waals surface area contributed by atoms with E-state index < -0.39 is 5.97 Å². The highest BCUT2D eigenvalue weighted by molar-refractivity contribution is 5.88. The van der Waals surface area contributed by atoms with Gasteiger partial charge in [-0.15, -0.1) is 5.10 Å². The first-order chi connectivity index (χ1) is 16.2. The number of aryl methyl sites for hydroxylation is 2. The van der Waals surface area contributed by atoms with Gasteiger partial charge in [0.1, 0.15) is 24.3 Å². The Kier molecular flexibility index (Phi) is 7.27. The van der Waals surface area contributed by atoms with Crippen molar-refractivity contribution in [2.45, 2.75) is 32.4 Å². The number of aromatic nitrogens is 4. The van der Waals surface area contributed by atoms with Crippen LogP contribution >= 0.6 is 0 Å². The van der Waals surface area contributed by atoms with Crippen molar-refractivity contribution in [3.8, 4) is 5.75 Å². The van der Waals surface area contributed by atoms with Crippen molar-refractivity contribution < 1.29 is 19.1 Å². The van der Waals surface area contributed by atoms with Crippen LogP contribution in [0.15, 0.2) is 71.6 Å². The van der Waals surface area contributed by atoms with Gasteiger partial charge in [0.15, 0.2) is 0 Å². The number of hydrogen-bond acceptors (Lipinski definition) is 6. The van der Waals surface area contributed by atoms with Crippen LogP contribution in [0.4, 0.5) is 0 Å². The molecule has 8 nitrogen and oxygen atoms in total. The second-order valence-electron chi connectivity index (χ2n) is 7.49. The molecular weight excluding hydrogens is 420 g/mol. The highest BCUT2D eigenvalue weighted by Crippen LogP contribution is 2.16. The molecule has 0 spiro atoms. The van der Waals surface area contributed by atoms with E-state index in [-0.39, 0.29) is 5.56 Å². The largest absolute Gasteiger partial charge is 0.487 e. The molecule has 0 saturated heterocycles. The van der Waals surface area contributed by atoms with E-state index in [1.54, 1.807) is 42.8 Å². The van der Waals surface area contributed by atoms with E-state index in [1.165, 1.54) is 5.56 Å². The summed E-state index contributed by atoms with van der Waals surface area (Å²) in [5.74, 6) is 0.286. The van der Waals surface area contributed by atoms with Crippen molar-refractivity contribution in [2.24, 2.45) is 0 Å². The molecule has 168 valence electrons. The smallest absolute Gasteiger partial charge is 0.335 e. The first-order valence-corrected chi connectivity index (χ1v) is 10.7. The lowest BCUT2D eigenvalue weighted by Crippen LogP contribution is -1.99. The van der Waals surface area contributed by atoms with Crippen LogP contribution in [-0.4, -0.2) is 31.1 Å². The van der Waals surface area contributed by atoms with Crippen molar-refractivity contribution in [3.63, 3.8) is 0 Å². The molecule has 1 N–H and O–H groups in total. The van der Waals surface area contributed by atoms with Gasteiger partial charge in [-0.3, -0.25) is 4.68 Å². The van der Waals surface area contributed by atoms with Gasteiger partial charge in [0, 0.05) is 18.8 Å². The van der Waals surface area contributed by atoms with Gasteiger partial charge >= 0.3 is 5.97 Å². The van der Waals surface area contributed by atoms with Crippen LogP contribution in [0, 0.1) is 0 Å². The summed E-state index contributed by atoms with van der Waals surface area (Å²) in [4.78, 5) is 15.3. The summed E-state index contributed by atoms with van der Waals surface area (Å²) in [5, 5.41) is 16.7. The Labute approximate surface area is 191 Å². The van der Waals surface area contributed by atoms with Gasteiger partial charge in [0.05, 0.1) is 11.8 Å². The molecule has 0 aliphatic heterocycles. The maximum Gasteiger partial charge on any atom is 0.335 e. The number of carboxylic acid groups (broad SMARTS) is 1. The van der Waals surface area contributed by atoms with Crippen molar-refractivity contribution in [2.75, 3.05) is 0 Å². The van der Waals surface area contributed by atoms with Gasteiger partial charge in [0.2, 0.25) is 5.89 Å². The fraction of sp³-hybridized carbons (Fsp3) is 0.200. The molecular formula is C25H24N4O4. The van der Waals surface area contributed by atoms with Crippen LogP contribution in [0.25, 0.3) is 12.2 Å². The normalized spacial score (nSPS) is 11.2. The molecule has 8 heteroatoms. The molecule has 2 aromatic heterocycles. The Morgan fingerprint density at radius 1 is 1.06 bits per heavy atom. The van der Waals surface area contributed by atoms with E-state index in [4.69, 9.17) is 14.3 Å². The Balaban J connectivity index is 1.21. The van der Waals surface area contributed by atoms with Gasteiger partial charge < -0.3 is 14.3 Å². The van der Waals surface area contributed by atoms with Crippen LogP contribution < -0.4 is 4.74 Å². The van der Waals surface area contributed by atoms with Crippen LogP contribution in [0.2, 0.25) is 0 Å². The summed E-state index contributed by atoms with van der Waals surface area (Å²) >= 11 is 0. The summed E-state index contributed by atoms with van der Waals surface area (Å²) in [6, 6.07) is 14.7. The second kappa shape index (κ2) is 10.9. The molecule has 0 atom stereocenters. The van der Waals surface area contributed by atoms with E-state index in [2.05, 4.69) is 27.4 Å². The molecule has 33 heavy (non-hydrogen) atoms. The lowest BCUT2D eigenvalue weighted by atomic mass is 10.1. The minimum Gasteiger partial charge on any atom is -0.487 e. The minimum absolute atomic E-state index is 0.249. The molecule has 0 aliphatic rings. The van der Waals surface area contributed by atoms with Crippen LogP contribution in [0.3, 0.4) is 0 Å². The number of nitrogens with zero attached hydrogens (tertiary/aromatic N) is 4. The molecule has 2 heterocycles. The molecule has 0 saturated carbocycles. The lowest BCUT2D eigenvalue weighted by molar-refractivity contribution is 0.0697. The molecule has 0 bridgehead atoms. The fourth-order valence-electron chi connectivity index (χ4n) is 3.23. The molecule has 4 aromatic rings. The molecule has 2 aromatic carbocycles. The van der Waals surface area contributed by atoms with E-state index in [9.17, 15) is 4.79 Å². The predicted molar refractivity (Wildman–Crippen MR) is 123 cm³/mol. The third-order valence-corrected chi connectivity index (χ3v) is 5.03. The predicted octanol–water partition coefficient (Wildman–Crippen LogP) is 4.74. The SMILES string of the molecule is O=C(O)c1ccc(C=Cc2nc(COc3ccc(CCCCn4ccnn4)cc3)co2)cc1. The second-order valence-corrected chi connectivity index (χ2v) is 7.49. The minimum atomic E-state index is -0.947. The summed E-state index contributed by atoms with van der Waals surface area (Å²) in [5.41, 5.74) is 3.06. The number of oxazole rings is 1. The molecule has 0 aliphatic carbocycles. The van der Waals surface area contributed by atoms with Crippen molar-refractivity contribution in [3.05, 3.63) is 95.5 Å². The molecule has 0 fully saturated rings. The number of benzene rings is 2. The van der Waals surface area contributed by atoms with Crippen LogP contribution in [0.1, 0.15) is 45.9 Å². The summed E-state index contributed by atoms with van der Waals surface area (Å²) in [6.07, 6.45) is 11.8. The molecule has 0 radical (unpaired) electrons. The van der Waals surface area contributed by atoms with Gasteiger partial charge in [-0.2, -0.15) is 0 Å². The Bertz CT molecular complexity index is 1180. The third-order valence-electron chi connectivity index (χ3n) is 5.03. The average Bonchev–Trinajstić information content (AvgIpc) is 3.52. The zero-order chi connectivity index (χ0) is 22.9. The maximum absolute atomic E-state index is 10.9. The monoisotopic (exact) mass is 444 g/mol. The van der Waals surface area contributed by atoms with E-state index in [0.29, 0.717) is 18.2 Å². The Morgan fingerprint density at radius 3 is 2.61 bits per heavy atom. The quantitative estimate of drug-likeness (QED) is 0.333. The first kappa shape index (κ1) is 22.0. The highest BCUT2D eigenvalue weighted by atomic mass is 16.5. The summed E-state index contributed by atoms with van der Waals surface area (Å²) < 4.78 is 13.1. The highest BCUT2D eigenvalue weighted by Gasteiger charge is 2.04. The maximum atomic E-state index is 10.9. The number of carbonyl (C=O) groups is 1. The van der Waals surface area contributed by atoms with E-state index in [1.807, 2.05) is 29.1 Å². The fourth-order valence-corrected chi connectivity index (χ4v) is 3.23. The standard InChI is InChI=1S/C25H24N4O4/c30-25(31)21-9-4-20(5-10-21)8-13-24-27-22(18-33-24)17-32-23-11-6-19(7-12-23)3-1-2-15-29-16-14-26-28-29/h4-14,16,18H,1-3,15,17H2,(H,30,31). The first-order valence-electron chi connectivity index (χ1n) is 10.7. The van der Waals surface area contributed by atoms with Gasteiger partial charge in [-0.1, -0.05) is 29.5 Å². The number of carboxylic acids is 1. The topological polar surface area (TPSA) is 103 Å². The van der Waals surface area contributed by atoms with E-state index >= 15 is 0 Å². The zero-order valence-electron chi connectivity index (χ0n) is 18.0. The molecule has 4 rings (SSSR count). The zero-order valence-corrected chi connectivity index (χ0v) is 18.0. The number of rotatable bonds is 11. The van der Waals surface area contributed by atoms with E-state index in [0.717, 1.165) is 37.1 Å². The number of aromatic carboxylic acids is 1. The van der Waals surface area contributed by atoms with Crippen molar-refractivity contribution in [1.82, 2.24) is 20.0 Å². The van der Waals surface area contributed by atoms with Gasteiger partial charge in [0.25, 0.3) is 0 Å². The van der Waals surface area contributed by atoms with Crippen molar-refractivity contribution >= 4 is 18.1 Å². The summed E-state index contributed by atoms with van der Waals surface area (Å²) in [6.45, 7) is 1.19. The number of unbranched alkanes of at least 4 members (excludes halogenated alkanes) is 1. The van der Waals surface area contributed by atoms with Crippen molar-refractivity contribution in [1.29, 1.82) is 0 Å². The number of hydrogen-bond donors (Lipinski definition) is 1. The van der Waals surface area contributed by atoms with Gasteiger partial charge in [-0.05, 0) is 60.7 Å².